The number of hydrogen-bond donors (Lipinski definition) is 1. The number of para-hydroxylation sites is 1. The first-order valence-corrected chi connectivity index (χ1v) is 6.28. The summed E-state index contributed by atoms with van der Waals surface area (Å²) >= 11 is 0. The summed E-state index contributed by atoms with van der Waals surface area (Å²) in [4.78, 5) is 0. The molecule has 0 radical (unpaired) electrons. The largest absolute Gasteiger partial charge is 0.496 e. The minimum Gasteiger partial charge on any atom is -0.496 e. The quantitative estimate of drug-likeness (QED) is 0.791. The van der Waals surface area contributed by atoms with Crippen molar-refractivity contribution in [3.05, 3.63) is 42.2 Å². The van der Waals surface area contributed by atoms with Crippen molar-refractivity contribution in [2.24, 2.45) is 0 Å². The SMILES string of the molecule is CCCNCc1ccc(-c2ccccc2OC)o1. The number of hydrogen-bond acceptors (Lipinski definition) is 3. The van der Waals surface area contributed by atoms with Gasteiger partial charge in [0, 0.05) is 0 Å². The molecule has 1 heterocycles. The molecule has 1 N–H and O–H groups in total. The monoisotopic (exact) mass is 245 g/mol. The number of furan rings is 1. The Hall–Kier alpha value is -1.74. The van der Waals surface area contributed by atoms with Gasteiger partial charge in [0.05, 0.1) is 19.2 Å². The molecule has 0 fully saturated rings. The first-order chi connectivity index (χ1) is 8.85. The van der Waals surface area contributed by atoms with Gasteiger partial charge in [0.15, 0.2) is 0 Å². The maximum Gasteiger partial charge on any atom is 0.138 e. The van der Waals surface area contributed by atoms with Crippen molar-refractivity contribution < 1.29 is 9.15 Å². The van der Waals surface area contributed by atoms with Crippen LogP contribution in [0.1, 0.15) is 19.1 Å². The topological polar surface area (TPSA) is 34.4 Å². The Bertz CT molecular complexity index is 491. The smallest absolute Gasteiger partial charge is 0.138 e. The van der Waals surface area contributed by atoms with Gasteiger partial charge in [-0.1, -0.05) is 19.1 Å². The Balaban J connectivity index is 2.13. The van der Waals surface area contributed by atoms with Gasteiger partial charge in [0.1, 0.15) is 17.3 Å². The standard InChI is InChI=1S/C15H19NO2/c1-3-10-16-11-12-8-9-15(18-12)13-6-4-5-7-14(13)17-2/h4-9,16H,3,10-11H2,1-2H3. The summed E-state index contributed by atoms with van der Waals surface area (Å²) < 4.78 is 11.1. The highest BCUT2D eigenvalue weighted by Crippen LogP contribution is 2.30. The normalized spacial score (nSPS) is 10.6. The lowest BCUT2D eigenvalue weighted by Crippen LogP contribution is -2.12. The number of methoxy groups -OCH3 is 1. The summed E-state index contributed by atoms with van der Waals surface area (Å²) in [6.45, 7) is 3.92. The third kappa shape index (κ3) is 2.93. The molecule has 3 heteroatoms. The number of benzene rings is 1. The van der Waals surface area contributed by atoms with Gasteiger partial charge in [0.25, 0.3) is 0 Å². The number of ether oxygens (including phenoxy) is 1. The van der Waals surface area contributed by atoms with Crippen molar-refractivity contribution in [2.45, 2.75) is 19.9 Å². The Labute approximate surface area is 108 Å². The zero-order valence-corrected chi connectivity index (χ0v) is 10.9. The molecule has 0 saturated carbocycles. The Morgan fingerprint density at radius 3 is 2.78 bits per heavy atom. The molecule has 0 spiro atoms. The molecule has 2 rings (SSSR count). The third-order valence-electron chi connectivity index (χ3n) is 2.76. The highest BCUT2D eigenvalue weighted by molar-refractivity contribution is 5.65. The van der Waals surface area contributed by atoms with Crippen molar-refractivity contribution in [3.8, 4) is 17.1 Å². The van der Waals surface area contributed by atoms with Crippen molar-refractivity contribution in [3.63, 3.8) is 0 Å². The lowest BCUT2D eigenvalue weighted by molar-refractivity contribution is 0.413. The Morgan fingerprint density at radius 2 is 2.00 bits per heavy atom. The highest BCUT2D eigenvalue weighted by atomic mass is 16.5. The number of nitrogens with one attached hydrogen (secondary N) is 1. The zero-order chi connectivity index (χ0) is 12.8. The van der Waals surface area contributed by atoms with Gasteiger partial charge in [-0.3, -0.25) is 0 Å². The van der Waals surface area contributed by atoms with Gasteiger partial charge >= 0.3 is 0 Å². The van der Waals surface area contributed by atoms with Crippen molar-refractivity contribution in [1.82, 2.24) is 5.32 Å². The maximum absolute atomic E-state index is 5.82. The lowest BCUT2D eigenvalue weighted by atomic mass is 10.1. The molecule has 0 atom stereocenters. The summed E-state index contributed by atoms with van der Waals surface area (Å²) in [5.74, 6) is 2.63. The van der Waals surface area contributed by atoms with Gasteiger partial charge in [-0.15, -0.1) is 0 Å². The average Bonchev–Trinajstić information content (AvgIpc) is 2.88. The second-order valence-corrected chi connectivity index (χ2v) is 4.14. The van der Waals surface area contributed by atoms with E-state index in [-0.39, 0.29) is 0 Å². The summed E-state index contributed by atoms with van der Waals surface area (Å²) in [6, 6.07) is 11.9. The fourth-order valence-corrected chi connectivity index (χ4v) is 1.85. The zero-order valence-electron chi connectivity index (χ0n) is 10.9. The minimum atomic E-state index is 0.767. The van der Waals surface area contributed by atoms with Crippen LogP contribution in [0, 0.1) is 0 Å². The molecule has 0 amide bonds. The van der Waals surface area contributed by atoms with E-state index in [1.807, 2.05) is 36.4 Å². The fraction of sp³-hybridized carbons (Fsp3) is 0.333. The first-order valence-electron chi connectivity index (χ1n) is 6.28. The second-order valence-electron chi connectivity index (χ2n) is 4.14. The van der Waals surface area contributed by atoms with Crippen LogP contribution in [0.3, 0.4) is 0 Å². The molecule has 1 aromatic carbocycles. The van der Waals surface area contributed by atoms with Crippen LogP contribution in [-0.4, -0.2) is 13.7 Å². The van der Waals surface area contributed by atoms with Gasteiger partial charge in [-0.2, -0.15) is 0 Å². The van der Waals surface area contributed by atoms with Crippen LogP contribution in [0.4, 0.5) is 0 Å². The molecule has 3 nitrogen and oxygen atoms in total. The van der Waals surface area contributed by atoms with Crippen LogP contribution >= 0.6 is 0 Å². The summed E-state index contributed by atoms with van der Waals surface area (Å²) in [7, 11) is 1.67. The van der Waals surface area contributed by atoms with Crippen molar-refractivity contribution in [2.75, 3.05) is 13.7 Å². The highest BCUT2D eigenvalue weighted by Gasteiger charge is 2.09. The summed E-state index contributed by atoms with van der Waals surface area (Å²) in [6.07, 6.45) is 1.13. The maximum atomic E-state index is 5.82. The van der Waals surface area contributed by atoms with E-state index in [1.165, 1.54) is 0 Å². The van der Waals surface area contributed by atoms with Crippen LogP contribution in [0.15, 0.2) is 40.8 Å². The van der Waals surface area contributed by atoms with Gasteiger partial charge in [0.2, 0.25) is 0 Å². The average molecular weight is 245 g/mol. The molecule has 0 unspecified atom stereocenters. The Kier molecular flexibility index (Phi) is 4.42. The van der Waals surface area contributed by atoms with Crippen molar-refractivity contribution in [1.29, 1.82) is 0 Å². The molecular formula is C15H19NO2. The lowest BCUT2D eigenvalue weighted by Gasteiger charge is -2.05. The summed E-state index contributed by atoms with van der Waals surface area (Å²) in [5, 5.41) is 3.32. The molecule has 0 aliphatic rings. The molecule has 1 aromatic heterocycles. The van der Waals surface area contributed by atoms with Gasteiger partial charge in [-0.05, 0) is 37.2 Å². The van der Waals surface area contributed by atoms with E-state index < -0.39 is 0 Å². The van der Waals surface area contributed by atoms with Crippen LogP contribution in [0.25, 0.3) is 11.3 Å². The van der Waals surface area contributed by atoms with Gasteiger partial charge < -0.3 is 14.5 Å². The number of rotatable bonds is 6. The molecule has 96 valence electrons. The van der Waals surface area contributed by atoms with Crippen molar-refractivity contribution >= 4 is 0 Å². The minimum absolute atomic E-state index is 0.767. The van der Waals surface area contributed by atoms with E-state index >= 15 is 0 Å². The predicted molar refractivity (Wildman–Crippen MR) is 72.7 cm³/mol. The van der Waals surface area contributed by atoms with E-state index in [0.29, 0.717) is 0 Å². The van der Waals surface area contributed by atoms with Crippen LogP contribution < -0.4 is 10.1 Å². The third-order valence-corrected chi connectivity index (χ3v) is 2.76. The van der Waals surface area contributed by atoms with E-state index in [4.69, 9.17) is 9.15 Å². The van der Waals surface area contributed by atoms with E-state index in [9.17, 15) is 0 Å². The first kappa shape index (κ1) is 12.7. The Morgan fingerprint density at radius 1 is 1.17 bits per heavy atom. The van der Waals surface area contributed by atoms with E-state index in [1.54, 1.807) is 7.11 Å². The van der Waals surface area contributed by atoms with Gasteiger partial charge in [-0.25, -0.2) is 0 Å². The molecule has 0 bridgehead atoms. The molecule has 0 saturated heterocycles. The molecule has 0 aliphatic heterocycles. The fourth-order valence-electron chi connectivity index (χ4n) is 1.85. The molecular weight excluding hydrogens is 226 g/mol. The van der Waals surface area contributed by atoms with Crippen LogP contribution in [0.5, 0.6) is 5.75 Å². The molecule has 0 aliphatic carbocycles. The molecule has 18 heavy (non-hydrogen) atoms. The van der Waals surface area contributed by atoms with E-state index in [2.05, 4.69) is 12.2 Å². The second kappa shape index (κ2) is 6.26. The van der Waals surface area contributed by atoms with Crippen LogP contribution in [-0.2, 0) is 6.54 Å². The van der Waals surface area contributed by atoms with E-state index in [0.717, 1.165) is 42.3 Å². The van der Waals surface area contributed by atoms with Crippen LogP contribution in [0.2, 0.25) is 0 Å². The summed E-state index contributed by atoms with van der Waals surface area (Å²) in [5.41, 5.74) is 0.988. The molecule has 2 aromatic rings. The predicted octanol–water partition coefficient (Wildman–Crippen LogP) is 3.45.